The number of aromatic hydroxyl groups is 2. The van der Waals surface area contributed by atoms with Gasteiger partial charge < -0.3 is 20.1 Å². The summed E-state index contributed by atoms with van der Waals surface area (Å²) >= 11 is 0. The summed E-state index contributed by atoms with van der Waals surface area (Å²) in [5, 5.41) is 28.4. The van der Waals surface area contributed by atoms with Gasteiger partial charge in [-0.3, -0.25) is 0 Å². The fraction of sp³-hybridized carbons (Fsp3) is 0.0625. The molecular formula is C16H14O5. The number of phenols is 2. The Morgan fingerprint density at radius 1 is 1.14 bits per heavy atom. The first-order valence-corrected chi connectivity index (χ1v) is 6.13. The fourth-order valence-electron chi connectivity index (χ4n) is 1.93. The molecule has 0 aliphatic carbocycles. The fourth-order valence-corrected chi connectivity index (χ4v) is 1.93. The molecule has 2 rings (SSSR count). The molecule has 0 fully saturated rings. The summed E-state index contributed by atoms with van der Waals surface area (Å²) in [7, 11) is 1.45. The number of ether oxygens (including phenoxy) is 1. The van der Waals surface area contributed by atoms with Crippen LogP contribution in [-0.2, 0) is 4.79 Å². The molecule has 5 heteroatoms. The largest absolute Gasteiger partial charge is 0.508 e. The lowest BCUT2D eigenvalue weighted by Crippen LogP contribution is -2.01. The highest BCUT2D eigenvalue weighted by atomic mass is 16.5. The normalized spacial score (nSPS) is 11.2. The number of rotatable bonds is 4. The van der Waals surface area contributed by atoms with Gasteiger partial charge in [-0.05, 0) is 24.3 Å². The van der Waals surface area contributed by atoms with Crippen LogP contribution < -0.4 is 4.74 Å². The van der Waals surface area contributed by atoms with Crippen molar-refractivity contribution in [1.29, 1.82) is 0 Å². The van der Waals surface area contributed by atoms with E-state index in [1.165, 1.54) is 25.3 Å². The van der Waals surface area contributed by atoms with Crippen molar-refractivity contribution in [1.82, 2.24) is 0 Å². The molecule has 0 amide bonds. The van der Waals surface area contributed by atoms with Crippen LogP contribution in [0.1, 0.15) is 11.1 Å². The van der Waals surface area contributed by atoms with Crippen LogP contribution in [0.4, 0.5) is 0 Å². The van der Waals surface area contributed by atoms with Crippen LogP contribution in [0.15, 0.2) is 42.5 Å². The lowest BCUT2D eigenvalue weighted by atomic mass is 10.0. The zero-order chi connectivity index (χ0) is 15.4. The Balaban J connectivity index is 2.58. The van der Waals surface area contributed by atoms with E-state index in [2.05, 4.69) is 0 Å². The van der Waals surface area contributed by atoms with E-state index in [9.17, 15) is 20.1 Å². The van der Waals surface area contributed by atoms with E-state index in [0.29, 0.717) is 11.3 Å². The minimum Gasteiger partial charge on any atom is -0.508 e. The number of phenolic OH excluding ortho intramolecular Hbond substituents is 2. The number of hydrogen-bond donors (Lipinski definition) is 3. The van der Waals surface area contributed by atoms with Crippen LogP contribution in [0.5, 0.6) is 17.2 Å². The maximum atomic E-state index is 11.5. The molecule has 0 saturated heterocycles. The first-order chi connectivity index (χ1) is 10.0. The molecule has 0 radical (unpaired) electrons. The Kier molecular flexibility index (Phi) is 4.13. The molecule has 0 heterocycles. The van der Waals surface area contributed by atoms with Crippen molar-refractivity contribution >= 4 is 17.6 Å². The summed E-state index contributed by atoms with van der Waals surface area (Å²) in [6.45, 7) is 0. The summed E-state index contributed by atoms with van der Waals surface area (Å²) < 4.78 is 5.16. The number of aliphatic carboxylic acids is 1. The SMILES string of the molecule is COc1ccccc1/C(=C/c1ccc(O)cc1O)C(=O)O. The standard InChI is InChI=1S/C16H14O5/c1-21-15-5-3-2-4-12(15)13(16(19)20)8-10-6-7-11(17)9-14(10)18/h2-9,17-18H,1H3,(H,19,20)/b13-8-. The lowest BCUT2D eigenvalue weighted by Gasteiger charge is -2.09. The van der Waals surface area contributed by atoms with Gasteiger partial charge in [-0.15, -0.1) is 0 Å². The van der Waals surface area contributed by atoms with Crippen LogP contribution in [0.3, 0.4) is 0 Å². The summed E-state index contributed by atoms with van der Waals surface area (Å²) in [5.41, 5.74) is 0.671. The molecule has 5 nitrogen and oxygen atoms in total. The Hall–Kier alpha value is -2.95. The van der Waals surface area contributed by atoms with Gasteiger partial charge in [0.1, 0.15) is 17.2 Å². The minimum absolute atomic E-state index is 0.0200. The molecule has 0 bridgehead atoms. The predicted molar refractivity (Wildman–Crippen MR) is 78.3 cm³/mol. The number of benzene rings is 2. The molecule has 0 unspecified atom stereocenters. The van der Waals surface area contributed by atoms with Gasteiger partial charge in [-0.2, -0.15) is 0 Å². The Morgan fingerprint density at radius 2 is 1.86 bits per heavy atom. The summed E-state index contributed by atoms with van der Waals surface area (Å²) in [4.78, 5) is 11.5. The van der Waals surface area contributed by atoms with E-state index >= 15 is 0 Å². The number of carboxylic acids is 1. The number of carbonyl (C=O) groups is 1. The number of methoxy groups -OCH3 is 1. The highest BCUT2D eigenvalue weighted by molar-refractivity contribution is 6.21. The van der Waals surface area contributed by atoms with Gasteiger partial charge in [0, 0.05) is 17.2 Å². The second kappa shape index (κ2) is 6.00. The van der Waals surface area contributed by atoms with E-state index < -0.39 is 5.97 Å². The van der Waals surface area contributed by atoms with Crippen molar-refractivity contribution in [2.45, 2.75) is 0 Å². The van der Waals surface area contributed by atoms with Crippen LogP contribution in [0.25, 0.3) is 11.6 Å². The Morgan fingerprint density at radius 3 is 2.48 bits per heavy atom. The van der Waals surface area contributed by atoms with Gasteiger partial charge in [0.2, 0.25) is 0 Å². The third-order valence-electron chi connectivity index (χ3n) is 2.94. The molecule has 2 aromatic rings. The molecular weight excluding hydrogens is 272 g/mol. The van der Waals surface area contributed by atoms with E-state index in [1.807, 2.05) is 0 Å². The maximum absolute atomic E-state index is 11.5. The van der Waals surface area contributed by atoms with Crippen molar-refractivity contribution < 1.29 is 24.9 Å². The molecule has 0 saturated carbocycles. The van der Waals surface area contributed by atoms with E-state index in [1.54, 1.807) is 24.3 Å². The number of para-hydroxylation sites is 1. The van der Waals surface area contributed by atoms with Gasteiger partial charge in [0.25, 0.3) is 0 Å². The topological polar surface area (TPSA) is 87.0 Å². The third-order valence-corrected chi connectivity index (χ3v) is 2.94. The molecule has 0 atom stereocenters. The molecule has 21 heavy (non-hydrogen) atoms. The summed E-state index contributed by atoms with van der Waals surface area (Å²) in [6, 6.07) is 10.7. The van der Waals surface area contributed by atoms with E-state index in [-0.39, 0.29) is 22.6 Å². The van der Waals surface area contributed by atoms with Crippen LogP contribution >= 0.6 is 0 Å². The van der Waals surface area contributed by atoms with E-state index in [0.717, 1.165) is 6.07 Å². The van der Waals surface area contributed by atoms with Crippen LogP contribution in [0, 0.1) is 0 Å². The first kappa shape index (κ1) is 14.5. The average Bonchev–Trinajstić information content (AvgIpc) is 2.46. The molecule has 0 aliphatic heterocycles. The number of carboxylic acid groups (broad SMARTS) is 1. The van der Waals surface area contributed by atoms with Crippen LogP contribution in [0.2, 0.25) is 0 Å². The minimum atomic E-state index is -1.15. The van der Waals surface area contributed by atoms with Gasteiger partial charge in [0.05, 0.1) is 12.7 Å². The Labute approximate surface area is 121 Å². The van der Waals surface area contributed by atoms with Crippen molar-refractivity contribution in [2.24, 2.45) is 0 Å². The van der Waals surface area contributed by atoms with Gasteiger partial charge in [-0.1, -0.05) is 18.2 Å². The molecule has 2 aromatic carbocycles. The molecule has 0 aliphatic rings. The van der Waals surface area contributed by atoms with Crippen LogP contribution in [-0.4, -0.2) is 28.4 Å². The molecule has 3 N–H and O–H groups in total. The van der Waals surface area contributed by atoms with Gasteiger partial charge >= 0.3 is 5.97 Å². The molecule has 0 spiro atoms. The van der Waals surface area contributed by atoms with E-state index in [4.69, 9.17) is 4.74 Å². The predicted octanol–water partition coefficient (Wildman–Crippen LogP) is 2.73. The lowest BCUT2D eigenvalue weighted by molar-refractivity contribution is -0.130. The second-order valence-corrected chi connectivity index (χ2v) is 4.31. The van der Waals surface area contributed by atoms with Crippen molar-refractivity contribution in [3.8, 4) is 17.2 Å². The molecule has 0 aromatic heterocycles. The zero-order valence-electron chi connectivity index (χ0n) is 11.3. The highest BCUT2D eigenvalue weighted by Crippen LogP contribution is 2.31. The van der Waals surface area contributed by atoms with Crippen molar-refractivity contribution in [3.05, 3.63) is 53.6 Å². The van der Waals surface area contributed by atoms with Crippen molar-refractivity contribution in [3.63, 3.8) is 0 Å². The maximum Gasteiger partial charge on any atom is 0.336 e. The highest BCUT2D eigenvalue weighted by Gasteiger charge is 2.15. The monoisotopic (exact) mass is 286 g/mol. The first-order valence-electron chi connectivity index (χ1n) is 6.13. The quantitative estimate of drug-likeness (QED) is 0.594. The third kappa shape index (κ3) is 3.14. The molecule has 108 valence electrons. The summed E-state index contributed by atoms with van der Waals surface area (Å²) in [6.07, 6.45) is 1.33. The second-order valence-electron chi connectivity index (χ2n) is 4.31. The van der Waals surface area contributed by atoms with Crippen molar-refractivity contribution in [2.75, 3.05) is 7.11 Å². The summed E-state index contributed by atoms with van der Waals surface area (Å²) in [5.74, 6) is -1.03. The average molecular weight is 286 g/mol. The number of hydrogen-bond acceptors (Lipinski definition) is 4. The Bertz CT molecular complexity index is 704. The zero-order valence-corrected chi connectivity index (χ0v) is 11.3. The van der Waals surface area contributed by atoms with Gasteiger partial charge in [0.15, 0.2) is 0 Å². The van der Waals surface area contributed by atoms with Gasteiger partial charge in [-0.25, -0.2) is 4.79 Å². The smallest absolute Gasteiger partial charge is 0.336 e.